The zero-order chi connectivity index (χ0) is 16.3. The first-order chi connectivity index (χ1) is 10.4. The molecule has 2 heterocycles. The van der Waals surface area contributed by atoms with Crippen molar-refractivity contribution in [2.45, 2.75) is 27.3 Å². The molecule has 2 aromatic rings. The van der Waals surface area contributed by atoms with Gasteiger partial charge in [-0.15, -0.1) is 11.3 Å². The summed E-state index contributed by atoms with van der Waals surface area (Å²) in [5.74, 6) is -0.443. The van der Waals surface area contributed by atoms with Crippen LogP contribution in [0.4, 0.5) is 0 Å². The number of rotatable bonds is 5. The molecule has 0 spiro atoms. The molecule has 0 aromatic carbocycles. The summed E-state index contributed by atoms with van der Waals surface area (Å²) in [5.41, 5.74) is 0.710. The molecule has 0 unspecified atom stereocenters. The van der Waals surface area contributed by atoms with E-state index in [1.165, 1.54) is 29.2 Å². The van der Waals surface area contributed by atoms with Crippen LogP contribution in [0.2, 0.25) is 0 Å². The number of thiophene rings is 1. The van der Waals surface area contributed by atoms with Gasteiger partial charge in [-0.2, -0.15) is 0 Å². The highest BCUT2D eigenvalue weighted by Crippen LogP contribution is 2.25. The van der Waals surface area contributed by atoms with Crippen molar-refractivity contribution in [2.24, 2.45) is 0 Å². The molecule has 2 amide bonds. The Labute approximate surface area is 131 Å². The lowest BCUT2D eigenvalue weighted by Gasteiger charge is -2.07. The zero-order valence-corrected chi connectivity index (χ0v) is 13.5. The van der Waals surface area contributed by atoms with E-state index < -0.39 is 0 Å². The highest BCUT2D eigenvalue weighted by Gasteiger charge is 2.13. The Bertz CT molecular complexity index is 778. The predicted molar refractivity (Wildman–Crippen MR) is 85.0 cm³/mol. The fraction of sp³-hybridized carbons (Fsp3) is 0.429. The molecular formula is C14H18N4O3S. The molecule has 0 saturated heterocycles. The van der Waals surface area contributed by atoms with Crippen LogP contribution in [0.5, 0.6) is 0 Å². The number of nitrogens with zero attached hydrogens (tertiary/aromatic N) is 2. The molecule has 0 aliphatic carbocycles. The second kappa shape index (κ2) is 6.69. The fourth-order valence-corrected chi connectivity index (χ4v) is 3.02. The summed E-state index contributed by atoms with van der Waals surface area (Å²) < 4.78 is 1.30. The number of carbonyl (C=O) groups is 2. The molecule has 0 atom stereocenters. The van der Waals surface area contributed by atoms with E-state index in [-0.39, 0.29) is 23.9 Å². The van der Waals surface area contributed by atoms with Crippen LogP contribution in [0.25, 0.3) is 10.2 Å². The van der Waals surface area contributed by atoms with Crippen LogP contribution in [0.3, 0.4) is 0 Å². The molecule has 0 saturated carbocycles. The fourth-order valence-electron chi connectivity index (χ4n) is 2.03. The van der Waals surface area contributed by atoms with Crippen molar-refractivity contribution in [1.82, 2.24) is 20.2 Å². The van der Waals surface area contributed by atoms with Crippen molar-refractivity contribution in [3.8, 4) is 0 Å². The van der Waals surface area contributed by atoms with Crippen LogP contribution >= 0.6 is 11.3 Å². The van der Waals surface area contributed by atoms with Crippen LogP contribution in [0.1, 0.15) is 17.4 Å². The van der Waals surface area contributed by atoms with Gasteiger partial charge in [-0.05, 0) is 19.4 Å². The van der Waals surface area contributed by atoms with Gasteiger partial charge in [-0.3, -0.25) is 19.0 Å². The maximum Gasteiger partial charge on any atom is 0.262 e. The first-order valence-electron chi connectivity index (χ1n) is 6.86. The van der Waals surface area contributed by atoms with E-state index in [1.807, 2.05) is 13.8 Å². The van der Waals surface area contributed by atoms with E-state index in [4.69, 9.17) is 0 Å². The molecule has 0 radical (unpaired) electrons. The van der Waals surface area contributed by atoms with E-state index in [1.54, 1.807) is 0 Å². The smallest absolute Gasteiger partial charge is 0.262 e. The van der Waals surface area contributed by atoms with Crippen LogP contribution < -0.4 is 16.2 Å². The Kier molecular flexibility index (Phi) is 4.92. The molecule has 2 rings (SSSR count). The number of carbonyl (C=O) groups excluding carboxylic acids is 2. The van der Waals surface area contributed by atoms with Gasteiger partial charge < -0.3 is 10.6 Å². The molecule has 7 nitrogen and oxygen atoms in total. The van der Waals surface area contributed by atoms with Gasteiger partial charge in [0.05, 0.1) is 11.7 Å². The van der Waals surface area contributed by atoms with E-state index in [0.717, 1.165) is 10.4 Å². The lowest BCUT2D eigenvalue weighted by Crippen LogP contribution is -2.37. The molecule has 8 heteroatoms. The van der Waals surface area contributed by atoms with Crippen LogP contribution in [0, 0.1) is 13.8 Å². The largest absolute Gasteiger partial charge is 0.355 e. The van der Waals surface area contributed by atoms with Gasteiger partial charge in [0.15, 0.2) is 0 Å². The van der Waals surface area contributed by atoms with Crippen molar-refractivity contribution < 1.29 is 9.59 Å². The summed E-state index contributed by atoms with van der Waals surface area (Å²) >= 11 is 1.47. The van der Waals surface area contributed by atoms with E-state index in [0.29, 0.717) is 23.3 Å². The third kappa shape index (κ3) is 3.51. The lowest BCUT2D eigenvalue weighted by atomic mass is 10.2. The lowest BCUT2D eigenvalue weighted by molar-refractivity contribution is -0.122. The second-order valence-electron chi connectivity index (χ2n) is 4.97. The average molecular weight is 322 g/mol. The molecule has 0 fully saturated rings. The summed E-state index contributed by atoms with van der Waals surface area (Å²) in [7, 11) is 0. The van der Waals surface area contributed by atoms with Gasteiger partial charge >= 0.3 is 0 Å². The summed E-state index contributed by atoms with van der Waals surface area (Å²) in [6, 6.07) is 0. The topological polar surface area (TPSA) is 93.1 Å². The number of amides is 2. The van der Waals surface area contributed by atoms with Gasteiger partial charge in [-0.1, -0.05) is 0 Å². The molecule has 22 heavy (non-hydrogen) atoms. The number of aryl methyl sites for hydroxylation is 2. The molecule has 2 aromatic heterocycles. The number of fused-ring (bicyclic) bond motifs is 1. The SMILES string of the molecule is CC(=O)NCCNC(=O)Cn1cnc2sc(C)c(C)c2c1=O. The number of nitrogens with one attached hydrogen (secondary N) is 2. The predicted octanol–water partition coefficient (Wildman–Crippen LogP) is 0.327. The van der Waals surface area contributed by atoms with E-state index >= 15 is 0 Å². The summed E-state index contributed by atoms with van der Waals surface area (Å²) in [5, 5.41) is 5.80. The Morgan fingerprint density at radius 2 is 1.95 bits per heavy atom. The maximum atomic E-state index is 12.4. The molecule has 118 valence electrons. The summed E-state index contributed by atoms with van der Waals surface area (Å²) in [6.07, 6.45) is 1.40. The van der Waals surface area contributed by atoms with Crippen molar-refractivity contribution in [3.63, 3.8) is 0 Å². The molecule has 2 N–H and O–H groups in total. The summed E-state index contributed by atoms with van der Waals surface area (Å²) in [6.45, 7) is 5.83. The average Bonchev–Trinajstić information content (AvgIpc) is 2.74. The van der Waals surface area contributed by atoms with Crippen LogP contribution in [0.15, 0.2) is 11.1 Å². The molecular weight excluding hydrogens is 304 g/mol. The first-order valence-corrected chi connectivity index (χ1v) is 7.68. The van der Waals surface area contributed by atoms with Crippen LogP contribution in [-0.2, 0) is 16.1 Å². The van der Waals surface area contributed by atoms with Crippen LogP contribution in [-0.4, -0.2) is 34.5 Å². The van der Waals surface area contributed by atoms with E-state index in [9.17, 15) is 14.4 Å². The van der Waals surface area contributed by atoms with Gasteiger partial charge in [0.25, 0.3) is 5.56 Å². The molecule has 0 aliphatic heterocycles. The van der Waals surface area contributed by atoms with Gasteiger partial charge in [0.2, 0.25) is 11.8 Å². The second-order valence-corrected chi connectivity index (χ2v) is 6.18. The third-order valence-electron chi connectivity index (χ3n) is 3.29. The number of aromatic nitrogens is 2. The number of hydrogen-bond acceptors (Lipinski definition) is 5. The monoisotopic (exact) mass is 322 g/mol. The Morgan fingerprint density at radius 1 is 1.27 bits per heavy atom. The maximum absolute atomic E-state index is 12.4. The van der Waals surface area contributed by atoms with Crippen molar-refractivity contribution in [2.75, 3.05) is 13.1 Å². The van der Waals surface area contributed by atoms with Crippen molar-refractivity contribution in [1.29, 1.82) is 0 Å². The number of hydrogen-bond donors (Lipinski definition) is 2. The minimum atomic E-state index is -0.293. The van der Waals surface area contributed by atoms with Crippen molar-refractivity contribution in [3.05, 3.63) is 27.1 Å². The standard InChI is InChI=1S/C14H18N4O3S/c1-8-9(2)22-13-12(8)14(21)18(7-17-13)6-11(20)16-5-4-15-10(3)19/h7H,4-6H2,1-3H3,(H,15,19)(H,16,20). The van der Waals surface area contributed by atoms with Gasteiger partial charge in [0, 0.05) is 24.9 Å². The van der Waals surface area contributed by atoms with E-state index in [2.05, 4.69) is 15.6 Å². The zero-order valence-electron chi connectivity index (χ0n) is 12.7. The molecule has 0 bridgehead atoms. The quantitative estimate of drug-likeness (QED) is 0.776. The first kappa shape index (κ1) is 16.2. The highest BCUT2D eigenvalue weighted by molar-refractivity contribution is 7.18. The summed E-state index contributed by atoms with van der Waals surface area (Å²) in [4.78, 5) is 40.9. The van der Waals surface area contributed by atoms with Crippen molar-refractivity contribution >= 4 is 33.4 Å². The van der Waals surface area contributed by atoms with Gasteiger partial charge in [0.1, 0.15) is 11.4 Å². The third-order valence-corrected chi connectivity index (χ3v) is 4.41. The minimum Gasteiger partial charge on any atom is -0.355 e. The highest BCUT2D eigenvalue weighted by atomic mass is 32.1. The minimum absolute atomic E-state index is 0.0871. The Morgan fingerprint density at radius 3 is 2.64 bits per heavy atom. The normalized spacial score (nSPS) is 10.7. The Hall–Kier alpha value is -2.22. The Balaban J connectivity index is 2.07. The van der Waals surface area contributed by atoms with Gasteiger partial charge in [-0.25, -0.2) is 4.98 Å². The molecule has 0 aliphatic rings.